The highest BCUT2D eigenvalue weighted by Gasteiger charge is 2.36. The molecule has 94 valence electrons. The molecule has 1 saturated heterocycles. The highest BCUT2D eigenvalue weighted by molar-refractivity contribution is 5.87. The number of carbonyl (C=O) groups is 1. The second kappa shape index (κ2) is 4.92. The number of aliphatic hydroxyl groups is 1. The van der Waals surface area contributed by atoms with Crippen LogP contribution in [0.2, 0.25) is 0 Å². The van der Waals surface area contributed by atoms with Gasteiger partial charge in [0.05, 0.1) is 0 Å². The Hall–Kier alpha value is -1.29. The zero-order valence-corrected chi connectivity index (χ0v) is 10.3. The van der Waals surface area contributed by atoms with E-state index in [-0.39, 0.29) is 12.6 Å². The summed E-state index contributed by atoms with van der Waals surface area (Å²) in [7, 11) is 0. The lowest BCUT2D eigenvalue weighted by Gasteiger charge is -2.26. The normalized spacial score (nSPS) is 28.1. The van der Waals surface area contributed by atoms with Crippen molar-refractivity contribution in [1.82, 2.24) is 4.90 Å². The molecule has 0 aromatic rings. The van der Waals surface area contributed by atoms with Crippen LogP contribution >= 0.6 is 0 Å². The number of nitrogens with zero attached hydrogens (tertiary/aromatic N) is 1. The minimum atomic E-state index is -0.407. The summed E-state index contributed by atoms with van der Waals surface area (Å²) in [5.74, 6) is -0.287. The Morgan fingerprint density at radius 3 is 3.12 bits per heavy atom. The van der Waals surface area contributed by atoms with Gasteiger partial charge in [0.25, 0.3) is 0 Å². The molecule has 2 aliphatic heterocycles. The van der Waals surface area contributed by atoms with Gasteiger partial charge in [-0.2, -0.15) is 0 Å². The van der Waals surface area contributed by atoms with Crippen molar-refractivity contribution in [2.75, 3.05) is 6.61 Å². The summed E-state index contributed by atoms with van der Waals surface area (Å²) in [6.45, 7) is 3.81. The van der Waals surface area contributed by atoms with Crippen LogP contribution in [0.1, 0.15) is 33.1 Å². The Balaban J connectivity index is 1.90. The maximum absolute atomic E-state index is 11.5. The summed E-state index contributed by atoms with van der Waals surface area (Å²) in [6, 6.07) is 0.404. The summed E-state index contributed by atoms with van der Waals surface area (Å²) >= 11 is 0. The number of ether oxygens (including phenoxy) is 1. The minimum Gasteiger partial charge on any atom is -0.456 e. The summed E-state index contributed by atoms with van der Waals surface area (Å²) in [5, 5.41) is 9.82. The number of esters is 1. The van der Waals surface area contributed by atoms with Crippen molar-refractivity contribution in [1.29, 1.82) is 0 Å². The fourth-order valence-electron chi connectivity index (χ4n) is 2.40. The molecule has 1 fully saturated rings. The van der Waals surface area contributed by atoms with Crippen molar-refractivity contribution in [3.05, 3.63) is 23.4 Å². The van der Waals surface area contributed by atoms with E-state index in [1.54, 1.807) is 13.0 Å². The molecule has 2 rings (SSSR count). The van der Waals surface area contributed by atoms with E-state index in [0.29, 0.717) is 11.6 Å². The average Bonchev–Trinajstić information content (AvgIpc) is 2.89. The van der Waals surface area contributed by atoms with Gasteiger partial charge in [-0.15, -0.1) is 0 Å². The lowest BCUT2D eigenvalue weighted by atomic mass is 10.2. The molecule has 0 aromatic carbocycles. The van der Waals surface area contributed by atoms with Crippen molar-refractivity contribution < 1.29 is 14.6 Å². The number of fused-ring (bicyclic) bond motifs is 1. The molecule has 2 heterocycles. The topological polar surface area (TPSA) is 49.8 Å². The molecule has 0 aliphatic carbocycles. The van der Waals surface area contributed by atoms with Crippen LogP contribution in [0.25, 0.3) is 0 Å². The highest BCUT2D eigenvalue weighted by Crippen LogP contribution is 2.34. The van der Waals surface area contributed by atoms with E-state index in [1.807, 2.05) is 11.8 Å². The van der Waals surface area contributed by atoms with Gasteiger partial charge in [0.2, 0.25) is 0 Å². The summed E-state index contributed by atoms with van der Waals surface area (Å²) in [5.41, 5.74) is 1.55. The lowest BCUT2D eigenvalue weighted by molar-refractivity contribution is -0.138. The molecule has 2 aliphatic rings. The number of carbonyl (C=O) groups excluding carboxylic acids is 1. The standard InChI is InChI=1S/C13H19NO3/c1-3-9(2)13(16)17-8-11-5-4-10-6-7-12(15)14(10)11/h3,5,10,12,15H,4,6-8H2,1-2H3/b9-3-/t10-,12+/m0/s1. The van der Waals surface area contributed by atoms with Gasteiger partial charge in [-0.05, 0) is 33.1 Å². The summed E-state index contributed by atoms with van der Waals surface area (Å²) in [4.78, 5) is 13.5. The molecular formula is C13H19NO3. The van der Waals surface area contributed by atoms with E-state index in [9.17, 15) is 9.90 Å². The van der Waals surface area contributed by atoms with Crippen LogP contribution in [0.15, 0.2) is 23.4 Å². The summed E-state index contributed by atoms with van der Waals surface area (Å²) in [6.07, 6.45) is 6.17. The Labute approximate surface area is 102 Å². The van der Waals surface area contributed by atoms with Crippen molar-refractivity contribution in [2.24, 2.45) is 0 Å². The average molecular weight is 237 g/mol. The molecule has 17 heavy (non-hydrogen) atoms. The number of aliphatic hydroxyl groups excluding tert-OH is 1. The Morgan fingerprint density at radius 2 is 2.41 bits per heavy atom. The van der Waals surface area contributed by atoms with Crippen molar-refractivity contribution in [3.63, 3.8) is 0 Å². The Morgan fingerprint density at radius 1 is 1.65 bits per heavy atom. The number of hydrogen-bond donors (Lipinski definition) is 1. The molecule has 0 bridgehead atoms. The lowest BCUT2D eigenvalue weighted by Crippen LogP contribution is -2.33. The first-order valence-corrected chi connectivity index (χ1v) is 6.09. The van der Waals surface area contributed by atoms with E-state index < -0.39 is 6.23 Å². The largest absolute Gasteiger partial charge is 0.456 e. The molecule has 0 spiro atoms. The van der Waals surface area contributed by atoms with Crippen LogP contribution in [0.5, 0.6) is 0 Å². The van der Waals surface area contributed by atoms with Gasteiger partial charge in [-0.1, -0.05) is 12.2 Å². The zero-order chi connectivity index (χ0) is 12.4. The van der Waals surface area contributed by atoms with Crippen LogP contribution < -0.4 is 0 Å². The second-order valence-electron chi connectivity index (χ2n) is 4.60. The maximum atomic E-state index is 11.5. The Bertz CT molecular complexity index is 373. The van der Waals surface area contributed by atoms with Gasteiger partial charge in [0, 0.05) is 17.3 Å². The first-order valence-electron chi connectivity index (χ1n) is 6.09. The molecule has 0 amide bonds. The fourth-order valence-corrected chi connectivity index (χ4v) is 2.40. The van der Waals surface area contributed by atoms with Crippen molar-refractivity contribution in [2.45, 2.75) is 45.4 Å². The number of allylic oxidation sites excluding steroid dienone is 1. The zero-order valence-electron chi connectivity index (χ0n) is 10.3. The second-order valence-corrected chi connectivity index (χ2v) is 4.60. The molecule has 1 N–H and O–H groups in total. The minimum absolute atomic E-state index is 0.261. The molecule has 0 unspecified atom stereocenters. The predicted molar refractivity (Wildman–Crippen MR) is 64.0 cm³/mol. The first-order chi connectivity index (χ1) is 8.13. The monoisotopic (exact) mass is 237 g/mol. The first kappa shape index (κ1) is 12.2. The van der Waals surface area contributed by atoms with Crippen LogP contribution in [0, 0.1) is 0 Å². The van der Waals surface area contributed by atoms with Crippen molar-refractivity contribution in [3.8, 4) is 0 Å². The van der Waals surface area contributed by atoms with Gasteiger partial charge in [0.15, 0.2) is 0 Å². The third-order valence-electron chi connectivity index (χ3n) is 3.54. The fraction of sp³-hybridized carbons (Fsp3) is 0.615. The molecule has 0 saturated carbocycles. The van der Waals surface area contributed by atoms with Gasteiger partial charge < -0.3 is 14.7 Å². The molecule has 4 nitrogen and oxygen atoms in total. The van der Waals surface area contributed by atoms with Gasteiger partial charge in [-0.25, -0.2) is 4.79 Å². The SMILES string of the molecule is C/C=C(/C)C(=O)OCC1=CC[C@H]2CC[C@@H](O)N12. The van der Waals surface area contributed by atoms with E-state index in [4.69, 9.17) is 4.74 Å². The smallest absolute Gasteiger partial charge is 0.333 e. The number of rotatable bonds is 3. The predicted octanol–water partition coefficient (Wildman–Crippen LogP) is 1.57. The highest BCUT2D eigenvalue weighted by atomic mass is 16.5. The van der Waals surface area contributed by atoms with E-state index >= 15 is 0 Å². The van der Waals surface area contributed by atoms with Crippen LogP contribution in [-0.4, -0.2) is 34.9 Å². The van der Waals surface area contributed by atoms with Crippen LogP contribution in [0.4, 0.5) is 0 Å². The third-order valence-corrected chi connectivity index (χ3v) is 3.54. The van der Waals surface area contributed by atoms with Crippen molar-refractivity contribution >= 4 is 5.97 Å². The molecular weight excluding hydrogens is 218 g/mol. The quantitative estimate of drug-likeness (QED) is 0.598. The molecule has 4 heteroatoms. The number of hydrogen-bond acceptors (Lipinski definition) is 4. The van der Waals surface area contributed by atoms with E-state index in [1.165, 1.54) is 0 Å². The molecule has 0 aromatic heterocycles. The molecule has 2 atom stereocenters. The van der Waals surface area contributed by atoms with Gasteiger partial charge in [-0.3, -0.25) is 0 Å². The van der Waals surface area contributed by atoms with Crippen LogP contribution in [-0.2, 0) is 9.53 Å². The van der Waals surface area contributed by atoms with E-state index in [2.05, 4.69) is 6.08 Å². The van der Waals surface area contributed by atoms with Gasteiger partial charge in [0.1, 0.15) is 12.8 Å². The molecule has 0 radical (unpaired) electrons. The van der Waals surface area contributed by atoms with Crippen LogP contribution in [0.3, 0.4) is 0 Å². The third kappa shape index (κ3) is 2.36. The Kier molecular flexibility index (Phi) is 3.52. The summed E-state index contributed by atoms with van der Waals surface area (Å²) < 4.78 is 5.21. The van der Waals surface area contributed by atoms with Gasteiger partial charge >= 0.3 is 5.97 Å². The van der Waals surface area contributed by atoms with E-state index in [0.717, 1.165) is 25.0 Å². The maximum Gasteiger partial charge on any atom is 0.333 e.